The van der Waals surface area contributed by atoms with E-state index in [1.807, 2.05) is 10.9 Å². The molecular formula is C16H25N3O2. The first-order valence-corrected chi connectivity index (χ1v) is 8.23. The summed E-state index contributed by atoms with van der Waals surface area (Å²) in [5.41, 5.74) is 0.822. The van der Waals surface area contributed by atoms with Crippen LogP contribution in [0.25, 0.3) is 0 Å². The SMILES string of the molecule is O=C(CC1CCCCC1)Nc1cnn(C2CCOCC2)c1. The summed E-state index contributed by atoms with van der Waals surface area (Å²) >= 11 is 0. The zero-order chi connectivity index (χ0) is 14.5. The minimum Gasteiger partial charge on any atom is -0.381 e. The number of carbonyl (C=O) groups excluding carboxylic acids is 1. The molecule has 0 aromatic carbocycles. The summed E-state index contributed by atoms with van der Waals surface area (Å²) < 4.78 is 7.34. The molecule has 116 valence electrons. The molecule has 2 heterocycles. The Morgan fingerprint density at radius 2 is 2.00 bits per heavy atom. The van der Waals surface area contributed by atoms with Gasteiger partial charge in [-0.2, -0.15) is 5.10 Å². The van der Waals surface area contributed by atoms with E-state index in [-0.39, 0.29) is 5.91 Å². The lowest BCUT2D eigenvalue weighted by molar-refractivity contribution is -0.117. The molecule has 1 aliphatic heterocycles. The molecule has 0 spiro atoms. The number of amides is 1. The van der Waals surface area contributed by atoms with E-state index in [1.165, 1.54) is 32.1 Å². The minimum absolute atomic E-state index is 0.133. The van der Waals surface area contributed by atoms with E-state index < -0.39 is 0 Å². The molecule has 5 nitrogen and oxygen atoms in total. The molecule has 1 saturated carbocycles. The van der Waals surface area contributed by atoms with Crippen LogP contribution >= 0.6 is 0 Å². The lowest BCUT2D eigenvalue weighted by atomic mass is 9.87. The number of nitrogens with one attached hydrogen (secondary N) is 1. The first kappa shape index (κ1) is 14.6. The summed E-state index contributed by atoms with van der Waals surface area (Å²) in [7, 11) is 0. The number of hydrogen-bond acceptors (Lipinski definition) is 3. The number of aromatic nitrogens is 2. The van der Waals surface area contributed by atoms with Gasteiger partial charge in [0.1, 0.15) is 0 Å². The van der Waals surface area contributed by atoms with E-state index in [1.54, 1.807) is 6.20 Å². The average Bonchev–Trinajstić information content (AvgIpc) is 2.97. The zero-order valence-electron chi connectivity index (χ0n) is 12.6. The molecule has 0 atom stereocenters. The third-order valence-corrected chi connectivity index (χ3v) is 4.65. The Labute approximate surface area is 126 Å². The van der Waals surface area contributed by atoms with E-state index in [0.717, 1.165) is 31.7 Å². The lowest BCUT2D eigenvalue weighted by Crippen LogP contribution is -2.20. The highest BCUT2D eigenvalue weighted by Crippen LogP contribution is 2.27. The van der Waals surface area contributed by atoms with Crippen molar-refractivity contribution in [2.75, 3.05) is 18.5 Å². The maximum absolute atomic E-state index is 12.1. The van der Waals surface area contributed by atoms with Gasteiger partial charge in [0.05, 0.1) is 17.9 Å². The topological polar surface area (TPSA) is 56.2 Å². The van der Waals surface area contributed by atoms with Crippen molar-refractivity contribution in [1.82, 2.24) is 9.78 Å². The Morgan fingerprint density at radius 3 is 2.76 bits per heavy atom. The smallest absolute Gasteiger partial charge is 0.224 e. The monoisotopic (exact) mass is 291 g/mol. The van der Waals surface area contributed by atoms with Crippen molar-refractivity contribution in [3.8, 4) is 0 Å². The summed E-state index contributed by atoms with van der Waals surface area (Å²) in [4.78, 5) is 12.1. The quantitative estimate of drug-likeness (QED) is 0.927. The van der Waals surface area contributed by atoms with Gasteiger partial charge in [-0.1, -0.05) is 19.3 Å². The number of ether oxygens (including phenoxy) is 1. The molecule has 1 saturated heterocycles. The van der Waals surface area contributed by atoms with Gasteiger partial charge in [0.25, 0.3) is 0 Å². The van der Waals surface area contributed by atoms with E-state index in [0.29, 0.717) is 18.4 Å². The third kappa shape index (κ3) is 4.06. The van der Waals surface area contributed by atoms with Crippen LogP contribution in [-0.2, 0) is 9.53 Å². The fourth-order valence-corrected chi connectivity index (χ4v) is 3.42. The second kappa shape index (κ2) is 7.07. The molecule has 1 N–H and O–H groups in total. The largest absolute Gasteiger partial charge is 0.381 e. The third-order valence-electron chi connectivity index (χ3n) is 4.65. The second-order valence-corrected chi connectivity index (χ2v) is 6.31. The molecule has 0 radical (unpaired) electrons. The maximum atomic E-state index is 12.1. The van der Waals surface area contributed by atoms with Gasteiger partial charge in [0, 0.05) is 25.8 Å². The fourth-order valence-electron chi connectivity index (χ4n) is 3.42. The summed E-state index contributed by atoms with van der Waals surface area (Å²) in [6.07, 6.45) is 12.7. The van der Waals surface area contributed by atoms with Crippen LogP contribution < -0.4 is 5.32 Å². The van der Waals surface area contributed by atoms with Gasteiger partial charge < -0.3 is 10.1 Å². The predicted octanol–water partition coefficient (Wildman–Crippen LogP) is 3.14. The van der Waals surface area contributed by atoms with E-state index in [9.17, 15) is 4.79 Å². The summed E-state index contributed by atoms with van der Waals surface area (Å²) in [6, 6.07) is 0.405. The molecule has 1 aromatic rings. The van der Waals surface area contributed by atoms with Crippen LogP contribution in [0, 0.1) is 5.92 Å². The number of nitrogens with zero attached hydrogens (tertiary/aromatic N) is 2. The highest BCUT2D eigenvalue weighted by atomic mass is 16.5. The molecule has 0 unspecified atom stereocenters. The predicted molar refractivity (Wildman–Crippen MR) is 81.1 cm³/mol. The van der Waals surface area contributed by atoms with Crippen LogP contribution in [-0.4, -0.2) is 28.9 Å². The summed E-state index contributed by atoms with van der Waals surface area (Å²) in [5, 5.41) is 7.38. The van der Waals surface area contributed by atoms with Gasteiger partial charge in [-0.05, 0) is 31.6 Å². The van der Waals surface area contributed by atoms with E-state index in [4.69, 9.17) is 4.74 Å². The first-order chi connectivity index (χ1) is 10.3. The van der Waals surface area contributed by atoms with Gasteiger partial charge >= 0.3 is 0 Å². The van der Waals surface area contributed by atoms with Crippen LogP contribution in [0.1, 0.15) is 57.4 Å². The number of rotatable bonds is 4. The molecule has 2 aliphatic rings. The van der Waals surface area contributed by atoms with Crippen molar-refractivity contribution in [1.29, 1.82) is 0 Å². The molecule has 1 aromatic heterocycles. The first-order valence-electron chi connectivity index (χ1n) is 8.23. The summed E-state index contributed by atoms with van der Waals surface area (Å²) in [6.45, 7) is 1.60. The highest BCUT2D eigenvalue weighted by Gasteiger charge is 2.19. The molecule has 1 aliphatic carbocycles. The Morgan fingerprint density at radius 1 is 1.24 bits per heavy atom. The lowest BCUT2D eigenvalue weighted by Gasteiger charge is -2.22. The molecule has 0 bridgehead atoms. The van der Waals surface area contributed by atoms with Crippen molar-refractivity contribution in [3.63, 3.8) is 0 Å². The normalized spacial score (nSPS) is 21.3. The molecule has 2 fully saturated rings. The van der Waals surface area contributed by atoms with E-state index in [2.05, 4.69) is 10.4 Å². The van der Waals surface area contributed by atoms with Crippen LogP contribution in [0.15, 0.2) is 12.4 Å². The Kier molecular flexibility index (Phi) is 4.91. The van der Waals surface area contributed by atoms with Gasteiger partial charge in [0.2, 0.25) is 5.91 Å². The molecule has 21 heavy (non-hydrogen) atoms. The van der Waals surface area contributed by atoms with Gasteiger partial charge in [0.15, 0.2) is 0 Å². The Bertz CT molecular complexity index is 460. The number of anilines is 1. The minimum atomic E-state index is 0.133. The van der Waals surface area contributed by atoms with Crippen molar-refractivity contribution in [3.05, 3.63) is 12.4 Å². The van der Waals surface area contributed by atoms with Crippen LogP contribution in [0.3, 0.4) is 0 Å². The molecule has 1 amide bonds. The standard InChI is InChI=1S/C16H25N3O2/c20-16(10-13-4-2-1-3-5-13)18-14-11-17-19(12-14)15-6-8-21-9-7-15/h11-13,15H,1-10H2,(H,18,20). The van der Waals surface area contributed by atoms with Gasteiger partial charge in [-0.25, -0.2) is 0 Å². The summed E-state index contributed by atoms with van der Waals surface area (Å²) in [5.74, 6) is 0.706. The second-order valence-electron chi connectivity index (χ2n) is 6.31. The van der Waals surface area contributed by atoms with Gasteiger partial charge in [-0.3, -0.25) is 9.48 Å². The fraction of sp³-hybridized carbons (Fsp3) is 0.750. The van der Waals surface area contributed by atoms with Crippen molar-refractivity contribution in [2.24, 2.45) is 5.92 Å². The Balaban J connectivity index is 1.50. The maximum Gasteiger partial charge on any atom is 0.224 e. The van der Waals surface area contributed by atoms with Crippen molar-refractivity contribution >= 4 is 11.6 Å². The number of carbonyl (C=O) groups is 1. The van der Waals surface area contributed by atoms with Crippen molar-refractivity contribution in [2.45, 2.75) is 57.4 Å². The highest BCUT2D eigenvalue weighted by molar-refractivity contribution is 5.90. The number of hydrogen-bond donors (Lipinski definition) is 1. The van der Waals surface area contributed by atoms with Gasteiger partial charge in [-0.15, -0.1) is 0 Å². The van der Waals surface area contributed by atoms with Crippen LogP contribution in [0.2, 0.25) is 0 Å². The average molecular weight is 291 g/mol. The van der Waals surface area contributed by atoms with E-state index >= 15 is 0 Å². The van der Waals surface area contributed by atoms with Crippen LogP contribution in [0.4, 0.5) is 5.69 Å². The van der Waals surface area contributed by atoms with Crippen molar-refractivity contribution < 1.29 is 9.53 Å². The Hall–Kier alpha value is -1.36. The molecule has 5 heteroatoms. The van der Waals surface area contributed by atoms with Crippen LogP contribution in [0.5, 0.6) is 0 Å². The molecule has 3 rings (SSSR count). The zero-order valence-corrected chi connectivity index (χ0v) is 12.6. The molecular weight excluding hydrogens is 266 g/mol.